The number of ether oxygens (including phenoxy) is 1. The molecule has 138 valence electrons. The summed E-state index contributed by atoms with van der Waals surface area (Å²) in [5, 5.41) is 10.4. The molecule has 0 radical (unpaired) electrons. The first-order chi connectivity index (χ1) is 12.1. The Labute approximate surface area is 150 Å². The van der Waals surface area contributed by atoms with Gasteiger partial charge in [-0.15, -0.1) is 0 Å². The normalized spacial score (nSPS) is 24.2. The van der Waals surface area contributed by atoms with E-state index in [-0.39, 0.29) is 12.0 Å². The quantitative estimate of drug-likeness (QED) is 0.845. The first kappa shape index (κ1) is 18.3. The van der Waals surface area contributed by atoms with E-state index >= 15 is 0 Å². The van der Waals surface area contributed by atoms with Gasteiger partial charge in [0.2, 0.25) is 5.91 Å². The van der Waals surface area contributed by atoms with Gasteiger partial charge in [0.05, 0.1) is 25.4 Å². The molecule has 2 unspecified atom stereocenters. The monoisotopic (exact) mass is 347 g/mol. The summed E-state index contributed by atoms with van der Waals surface area (Å²) in [7, 11) is 0. The van der Waals surface area contributed by atoms with Crippen LogP contribution in [0.5, 0.6) is 0 Å². The molecule has 1 amide bonds. The van der Waals surface area contributed by atoms with E-state index in [1.54, 1.807) is 0 Å². The van der Waals surface area contributed by atoms with Crippen molar-refractivity contribution in [2.45, 2.75) is 19.1 Å². The lowest BCUT2D eigenvalue weighted by Crippen LogP contribution is -2.52. The van der Waals surface area contributed by atoms with E-state index in [0.717, 1.165) is 31.7 Å². The van der Waals surface area contributed by atoms with Gasteiger partial charge in [-0.1, -0.05) is 30.3 Å². The van der Waals surface area contributed by atoms with Crippen molar-refractivity contribution >= 4 is 5.91 Å². The number of aliphatic hydroxyl groups is 1. The van der Waals surface area contributed by atoms with Gasteiger partial charge in [0, 0.05) is 45.8 Å². The second-order valence-corrected chi connectivity index (χ2v) is 7.02. The first-order valence-electron chi connectivity index (χ1n) is 9.19. The van der Waals surface area contributed by atoms with Crippen molar-refractivity contribution in [1.82, 2.24) is 14.7 Å². The number of amides is 1. The predicted molar refractivity (Wildman–Crippen MR) is 96.3 cm³/mol. The van der Waals surface area contributed by atoms with Crippen LogP contribution in [0.15, 0.2) is 30.3 Å². The molecule has 2 atom stereocenters. The molecule has 3 rings (SSSR count). The summed E-state index contributed by atoms with van der Waals surface area (Å²) in [6.45, 7) is 8.69. The number of carbonyl (C=O) groups excluding carboxylic acids is 1. The van der Waals surface area contributed by atoms with Gasteiger partial charge in [-0.3, -0.25) is 14.6 Å². The molecule has 2 aliphatic heterocycles. The molecule has 0 aliphatic carbocycles. The van der Waals surface area contributed by atoms with Crippen LogP contribution >= 0.6 is 0 Å². The summed E-state index contributed by atoms with van der Waals surface area (Å²) in [6.07, 6.45) is -0.321. The first-order valence-corrected chi connectivity index (χ1v) is 9.19. The summed E-state index contributed by atoms with van der Waals surface area (Å²) < 4.78 is 5.50. The second kappa shape index (κ2) is 8.76. The van der Waals surface area contributed by atoms with E-state index in [2.05, 4.69) is 9.80 Å². The Morgan fingerprint density at radius 3 is 2.52 bits per heavy atom. The highest BCUT2D eigenvalue weighted by atomic mass is 16.5. The van der Waals surface area contributed by atoms with Gasteiger partial charge in [0.15, 0.2) is 0 Å². The Balaban J connectivity index is 1.40. The van der Waals surface area contributed by atoms with Crippen LogP contribution in [0.3, 0.4) is 0 Å². The van der Waals surface area contributed by atoms with Gasteiger partial charge >= 0.3 is 0 Å². The highest BCUT2D eigenvalue weighted by Gasteiger charge is 2.25. The van der Waals surface area contributed by atoms with Crippen LogP contribution in [0.25, 0.3) is 0 Å². The lowest BCUT2D eigenvalue weighted by molar-refractivity contribution is -0.139. The molecule has 2 saturated heterocycles. The minimum atomic E-state index is -0.454. The molecule has 1 aromatic carbocycles. The Hall–Kier alpha value is -1.47. The average molecular weight is 347 g/mol. The zero-order chi connectivity index (χ0) is 17.6. The highest BCUT2D eigenvalue weighted by Crippen LogP contribution is 2.15. The highest BCUT2D eigenvalue weighted by molar-refractivity contribution is 5.78. The number of carbonyl (C=O) groups is 1. The Bertz CT molecular complexity index is 546. The molecule has 0 aromatic heterocycles. The van der Waals surface area contributed by atoms with E-state index in [1.807, 2.05) is 42.2 Å². The summed E-state index contributed by atoms with van der Waals surface area (Å²) in [5.74, 6) is 0.202. The topological polar surface area (TPSA) is 56.3 Å². The zero-order valence-electron chi connectivity index (χ0n) is 15.0. The van der Waals surface area contributed by atoms with Crippen LogP contribution < -0.4 is 0 Å². The van der Waals surface area contributed by atoms with E-state index in [0.29, 0.717) is 32.8 Å². The molecule has 2 heterocycles. The Morgan fingerprint density at radius 2 is 1.84 bits per heavy atom. The summed E-state index contributed by atoms with van der Waals surface area (Å²) in [5.41, 5.74) is 0.960. The largest absolute Gasteiger partial charge is 0.387 e. The number of hydrogen-bond acceptors (Lipinski definition) is 5. The lowest BCUT2D eigenvalue weighted by atomic mass is 10.1. The van der Waals surface area contributed by atoms with Crippen LogP contribution in [0.4, 0.5) is 0 Å². The molecule has 1 N–H and O–H groups in total. The molecule has 6 nitrogen and oxygen atoms in total. The number of aliphatic hydroxyl groups excluding tert-OH is 1. The number of nitrogens with zero attached hydrogens (tertiary/aromatic N) is 3. The van der Waals surface area contributed by atoms with Gasteiger partial charge < -0.3 is 14.7 Å². The summed E-state index contributed by atoms with van der Waals surface area (Å²) >= 11 is 0. The Morgan fingerprint density at radius 1 is 1.16 bits per heavy atom. The van der Waals surface area contributed by atoms with E-state index in [9.17, 15) is 9.90 Å². The SMILES string of the molecule is CC1CN(C(=O)CN2CCN(CC(O)c3ccccc3)CC2)CCO1. The van der Waals surface area contributed by atoms with Crippen molar-refractivity contribution in [1.29, 1.82) is 0 Å². The smallest absolute Gasteiger partial charge is 0.236 e. The minimum absolute atomic E-state index is 0.133. The van der Waals surface area contributed by atoms with Crippen LogP contribution in [0, 0.1) is 0 Å². The molecule has 6 heteroatoms. The summed E-state index contributed by atoms with van der Waals surface area (Å²) in [4.78, 5) is 18.8. The Kier molecular flexibility index (Phi) is 6.42. The lowest BCUT2D eigenvalue weighted by Gasteiger charge is -2.37. The third kappa shape index (κ3) is 5.25. The standard InChI is InChI=1S/C19H29N3O3/c1-16-13-22(11-12-25-16)19(24)15-21-9-7-20(8-10-21)14-18(23)17-5-3-2-4-6-17/h2-6,16,18,23H,7-15H2,1H3. The van der Waals surface area contributed by atoms with Crippen LogP contribution in [-0.2, 0) is 9.53 Å². The number of benzene rings is 1. The molecular formula is C19H29N3O3. The van der Waals surface area contributed by atoms with Crippen molar-refractivity contribution < 1.29 is 14.6 Å². The van der Waals surface area contributed by atoms with Crippen LogP contribution in [0.2, 0.25) is 0 Å². The maximum absolute atomic E-state index is 12.4. The van der Waals surface area contributed by atoms with Gasteiger partial charge in [-0.2, -0.15) is 0 Å². The van der Waals surface area contributed by atoms with Crippen LogP contribution in [0.1, 0.15) is 18.6 Å². The third-order valence-corrected chi connectivity index (χ3v) is 5.03. The fourth-order valence-electron chi connectivity index (χ4n) is 3.49. The van der Waals surface area contributed by atoms with E-state index in [1.165, 1.54) is 0 Å². The van der Waals surface area contributed by atoms with Crippen molar-refractivity contribution in [2.75, 3.05) is 59.0 Å². The van der Waals surface area contributed by atoms with Gasteiger partial charge in [-0.25, -0.2) is 0 Å². The van der Waals surface area contributed by atoms with Gasteiger partial charge in [-0.05, 0) is 12.5 Å². The third-order valence-electron chi connectivity index (χ3n) is 5.03. The molecule has 2 fully saturated rings. The van der Waals surface area contributed by atoms with Crippen molar-refractivity contribution in [3.8, 4) is 0 Å². The number of β-amino-alcohol motifs (C(OH)–C–C–N with tert-alkyl or cyclic N) is 1. The maximum Gasteiger partial charge on any atom is 0.236 e. The van der Waals surface area contributed by atoms with Crippen LogP contribution in [-0.4, -0.2) is 90.8 Å². The van der Waals surface area contributed by atoms with Crippen molar-refractivity contribution in [2.24, 2.45) is 0 Å². The summed E-state index contributed by atoms with van der Waals surface area (Å²) in [6, 6.07) is 9.79. The van der Waals surface area contributed by atoms with E-state index in [4.69, 9.17) is 4.74 Å². The maximum atomic E-state index is 12.4. The number of piperazine rings is 1. The molecule has 2 aliphatic rings. The fourth-order valence-corrected chi connectivity index (χ4v) is 3.49. The zero-order valence-corrected chi connectivity index (χ0v) is 15.0. The molecule has 25 heavy (non-hydrogen) atoms. The van der Waals surface area contributed by atoms with Gasteiger partial charge in [0.1, 0.15) is 0 Å². The molecular weight excluding hydrogens is 318 g/mol. The van der Waals surface area contributed by atoms with Crippen molar-refractivity contribution in [3.63, 3.8) is 0 Å². The number of morpholine rings is 1. The minimum Gasteiger partial charge on any atom is -0.387 e. The number of hydrogen-bond donors (Lipinski definition) is 1. The predicted octanol–water partition coefficient (Wildman–Crippen LogP) is 0.585. The molecule has 0 saturated carbocycles. The number of rotatable bonds is 5. The fraction of sp³-hybridized carbons (Fsp3) is 0.632. The molecule has 0 bridgehead atoms. The van der Waals surface area contributed by atoms with Gasteiger partial charge in [0.25, 0.3) is 0 Å². The molecule has 0 spiro atoms. The molecule has 1 aromatic rings. The second-order valence-electron chi connectivity index (χ2n) is 7.02. The van der Waals surface area contributed by atoms with Crippen molar-refractivity contribution in [3.05, 3.63) is 35.9 Å². The average Bonchev–Trinajstić information content (AvgIpc) is 2.64. The van der Waals surface area contributed by atoms with E-state index < -0.39 is 6.10 Å².